The smallest absolute Gasteiger partial charge is 0.0638 e. The van der Waals surface area contributed by atoms with Gasteiger partial charge in [-0.2, -0.15) is 5.10 Å². The van der Waals surface area contributed by atoms with Gasteiger partial charge in [-0.05, 0) is 33.2 Å². The van der Waals surface area contributed by atoms with Crippen molar-refractivity contribution >= 4 is 0 Å². The van der Waals surface area contributed by atoms with Crippen LogP contribution in [0.3, 0.4) is 0 Å². The summed E-state index contributed by atoms with van der Waals surface area (Å²) in [5, 5.41) is 20.1. The number of H-pyrrole nitrogens is 1. The molecule has 1 aliphatic rings. The summed E-state index contributed by atoms with van der Waals surface area (Å²) in [5.74, 6) is 0. The van der Waals surface area contributed by atoms with Crippen molar-refractivity contribution in [2.75, 3.05) is 26.2 Å². The molecule has 1 atom stereocenters. The molecule has 1 aromatic heterocycles. The molecule has 2 rings (SSSR count). The van der Waals surface area contributed by atoms with Crippen LogP contribution in [0.2, 0.25) is 0 Å². The first kappa shape index (κ1) is 14.5. The zero-order valence-corrected chi connectivity index (χ0v) is 12.1. The number of hydrogen-bond donors (Lipinski definition) is 3. The highest BCUT2D eigenvalue weighted by atomic mass is 16.3. The monoisotopic (exact) mass is 266 g/mol. The normalized spacial score (nSPS) is 20.9. The maximum Gasteiger partial charge on any atom is 0.0638 e. The SMILES string of the molecule is Cc1n[nH]c(C)c1CNCCN1CCCCC1CO. The van der Waals surface area contributed by atoms with Gasteiger partial charge in [0.25, 0.3) is 0 Å². The zero-order chi connectivity index (χ0) is 13.7. The van der Waals surface area contributed by atoms with Crippen LogP contribution in [0.4, 0.5) is 0 Å². The number of aliphatic hydroxyl groups excluding tert-OH is 1. The van der Waals surface area contributed by atoms with Gasteiger partial charge in [0.15, 0.2) is 0 Å². The summed E-state index contributed by atoms with van der Waals surface area (Å²) in [5.41, 5.74) is 3.50. The molecule has 0 aliphatic carbocycles. The van der Waals surface area contributed by atoms with Crippen molar-refractivity contribution in [1.82, 2.24) is 20.4 Å². The molecule has 108 valence electrons. The lowest BCUT2D eigenvalue weighted by molar-refractivity contribution is 0.0910. The minimum Gasteiger partial charge on any atom is -0.395 e. The van der Waals surface area contributed by atoms with E-state index in [0.717, 1.165) is 44.0 Å². The van der Waals surface area contributed by atoms with E-state index >= 15 is 0 Å². The Morgan fingerprint density at radius 2 is 2.26 bits per heavy atom. The van der Waals surface area contributed by atoms with Crippen LogP contribution in [0.5, 0.6) is 0 Å². The second-order valence-electron chi connectivity index (χ2n) is 5.46. The molecule has 1 unspecified atom stereocenters. The summed E-state index contributed by atoms with van der Waals surface area (Å²) in [7, 11) is 0. The number of aryl methyl sites for hydroxylation is 2. The van der Waals surface area contributed by atoms with E-state index in [1.807, 2.05) is 6.92 Å². The number of aromatic amines is 1. The van der Waals surface area contributed by atoms with Gasteiger partial charge in [0.1, 0.15) is 0 Å². The Labute approximate surface area is 115 Å². The largest absolute Gasteiger partial charge is 0.395 e. The Kier molecular flexibility index (Phi) is 5.36. The summed E-state index contributed by atoms with van der Waals surface area (Å²) in [6, 6.07) is 0.368. The fourth-order valence-electron chi connectivity index (χ4n) is 2.83. The summed E-state index contributed by atoms with van der Waals surface area (Å²) >= 11 is 0. The lowest BCUT2D eigenvalue weighted by Gasteiger charge is -2.34. The molecule has 0 saturated carbocycles. The van der Waals surface area contributed by atoms with E-state index in [-0.39, 0.29) is 0 Å². The maximum absolute atomic E-state index is 9.37. The number of hydrogen-bond acceptors (Lipinski definition) is 4. The van der Waals surface area contributed by atoms with Crippen LogP contribution in [0.1, 0.15) is 36.2 Å². The van der Waals surface area contributed by atoms with E-state index in [9.17, 15) is 5.11 Å². The van der Waals surface area contributed by atoms with E-state index in [2.05, 4.69) is 27.3 Å². The van der Waals surface area contributed by atoms with Crippen LogP contribution in [-0.2, 0) is 6.54 Å². The van der Waals surface area contributed by atoms with Gasteiger partial charge in [0, 0.05) is 36.9 Å². The third-order valence-electron chi connectivity index (χ3n) is 4.12. The van der Waals surface area contributed by atoms with Crippen molar-refractivity contribution in [3.63, 3.8) is 0 Å². The van der Waals surface area contributed by atoms with Crippen LogP contribution in [-0.4, -0.2) is 52.5 Å². The average Bonchev–Trinajstić information content (AvgIpc) is 2.75. The minimum absolute atomic E-state index is 0.292. The molecule has 3 N–H and O–H groups in total. The molecule has 2 heterocycles. The summed E-state index contributed by atoms with van der Waals surface area (Å²) in [6.07, 6.45) is 3.65. The van der Waals surface area contributed by atoms with E-state index in [1.54, 1.807) is 0 Å². The molecule has 5 heteroatoms. The van der Waals surface area contributed by atoms with Gasteiger partial charge in [-0.25, -0.2) is 0 Å². The zero-order valence-electron chi connectivity index (χ0n) is 12.1. The Morgan fingerprint density at radius 3 is 2.95 bits per heavy atom. The van der Waals surface area contributed by atoms with Crippen LogP contribution >= 0.6 is 0 Å². The Morgan fingerprint density at radius 1 is 1.42 bits per heavy atom. The van der Waals surface area contributed by atoms with Crippen molar-refractivity contribution in [1.29, 1.82) is 0 Å². The third kappa shape index (κ3) is 3.78. The minimum atomic E-state index is 0.292. The summed E-state index contributed by atoms with van der Waals surface area (Å²) in [4.78, 5) is 2.41. The number of nitrogens with zero attached hydrogens (tertiary/aromatic N) is 2. The average molecular weight is 266 g/mol. The molecule has 1 aliphatic heterocycles. The fourth-order valence-corrected chi connectivity index (χ4v) is 2.83. The molecule has 19 heavy (non-hydrogen) atoms. The van der Waals surface area contributed by atoms with Crippen molar-refractivity contribution in [2.45, 2.75) is 45.7 Å². The maximum atomic E-state index is 9.37. The highest BCUT2D eigenvalue weighted by Crippen LogP contribution is 2.15. The molecule has 1 aromatic rings. The van der Waals surface area contributed by atoms with Crippen molar-refractivity contribution < 1.29 is 5.11 Å². The Bertz CT molecular complexity index is 371. The van der Waals surface area contributed by atoms with Crippen LogP contribution < -0.4 is 5.32 Å². The molecule has 1 fully saturated rings. The molecule has 1 saturated heterocycles. The highest BCUT2D eigenvalue weighted by molar-refractivity contribution is 5.22. The van der Waals surface area contributed by atoms with Crippen LogP contribution in [0, 0.1) is 13.8 Å². The lowest BCUT2D eigenvalue weighted by atomic mass is 10.0. The predicted molar refractivity (Wildman–Crippen MR) is 76.1 cm³/mol. The van der Waals surface area contributed by atoms with Crippen LogP contribution in [0.25, 0.3) is 0 Å². The van der Waals surface area contributed by atoms with Gasteiger partial charge in [0.05, 0.1) is 12.3 Å². The number of rotatable bonds is 6. The lowest BCUT2D eigenvalue weighted by Crippen LogP contribution is -2.44. The molecule has 0 radical (unpaired) electrons. The van der Waals surface area contributed by atoms with Gasteiger partial charge in [-0.1, -0.05) is 6.42 Å². The Balaban J connectivity index is 1.71. The van der Waals surface area contributed by atoms with Gasteiger partial charge >= 0.3 is 0 Å². The van der Waals surface area contributed by atoms with E-state index < -0.39 is 0 Å². The second-order valence-corrected chi connectivity index (χ2v) is 5.46. The second kappa shape index (κ2) is 7.03. The molecular weight excluding hydrogens is 240 g/mol. The quantitative estimate of drug-likeness (QED) is 0.671. The number of aliphatic hydroxyl groups is 1. The van der Waals surface area contributed by atoms with Crippen LogP contribution in [0.15, 0.2) is 0 Å². The molecule has 0 spiro atoms. The predicted octanol–water partition coefficient (Wildman–Crippen LogP) is 0.963. The highest BCUT2D eigenvalue weighted by Gasteiger charge is 2.20. The van der Waals surface area contributed by atoms with Crippen molar-refractivity contribution in [3.05, 3.63) is 17.0 Å². The van der Waals surface area contributed by atoms with Gasteiger partial charge < -0.3 is 10.4 Å². The Hall–Kier alpha value is -0.910. The molecule has 0 amide bonds. The third-order valence-corrected chi connectivity index (χ3v) is 4.12. The summed E-state index contributed by atoms with van der Waals surface area (Å²) in [6.45, 7) is 8.35. The number of aromatic nitrogens is 2. The van der Waals surface area contributed by atoms with Gasteiger partial charge in [-0.3, -0.25) is 10.00 Å². The molecule has 0 bridgehead atoms. The van der Waals surface area contributed by atoms with Gasteiger partial charge in [-0.15, -0.1) is 0 Å². The number of likely N-dealkylation sites (tertiary alicyclic amines) is 1. The standard InChI is InChI=1S/C14H26N4O/c1-11-14(12(2)17-16-11)9-15-6-8-18-7-4-3-5-13(18)10-19/h13,15,19H,3-10H2,1-2H3,(H,16,17). The topological polar surface area (TPSA) is 64.2 Å². The van der Waals surface area contributed by atoms with E-state index in [1.165, 1.54) is 18.4 Å². The van der Waals surface area contributed by atoms with Crippen molar-refractivity contribution in [3.8, 4) is 0 Å². The molecular formula is C14H26N4O. The first-order chi connectivity index (χ1) is 9.22. The molecule has 5 nitrogen and oxygen atoms in total. The van der Waals surface area contributed by atoms with Crippen molar-refractivity contribution in [2.24, 2.45) is 0 Å². The first-order valence-corrected chi connectivity index (χ1v) is 7.28. The van der Waals surface area contributed by atoms with E-state index in [4.69, 9.17) is 0 Å². The van der Waals surface area contributed by atoms with Gasteiger partial charge in [0.2, 0.25) is 0 Å². The van der Waals surface area contributed by atoms with E-state index in [0.29, 0.717) is 12.6 Å². The number of piperidine rings is 1. The molecule has 0 aromatic carbocycles. The first-order valence-electron chi connectivity index (χ1n) is 7.28. The fraction of sp³-hybridized carbons (Fsp3) is 0.786. The summed E-state index contributed by atoms with van der Waals surface area (Å²) < 4.78 is 0. The number of nitrogens with one attached hydrogen (secondary N) is 2.